The first kappa shape index (κ1) is 18.1. The zero-order valence-corrected chi connectivity index (χ0v) is 17.3. The molecule has 0 atom stereocenters. The van der Waals surface area contributed by atoms with Crippen molar-refractivity contribution in [3.63, 3.8) is 0 Å². The zero-order chi connectivity index (χ0) is 18.8. The van der Waals surface area contributed by atoms with E-state index in [4.69, 9.17) is 4.99 Å². The highest BCUT2D eigenvalue weighted by Crippen LogP contribution is 2.44. The lowest BCUT2D eigenvalue weighted by molar-refractivity contribution is 0.377. The molecule has 0 saturated carbocycles. The smallest absolute Gasteiger partial charge is 0.108 e. The van der Waals surface area contributed by atoms with Crippen molar-refractivity contribution in [3.8, 4) is 0 Å². The zero-order valence-electron chi connectivity index (χ0n) is 16.5. The Morgan fingerprint density at radius 3 is 2.50 bits per heavy atom. The second-order valence-electron chi connectivity index (χ2n) is 8.38. The standard InChI is InChI=1S/C24H29N3S/c1-2-6-22-20(5-1)17-24(11-15-28-16-12-24)23(26-22)25-18-19-7-9-21(10-8-19)27-13-3-4-14-27/h1-2,5-10H,3-4,11-18H2,(H,25,26). The minimum atomic E-state index is 0.203. The van der Waals surface area contributed by atoms with Gasteiger partial charge in [0.25, 0.3) is 0 Å². The van der Waals surface area contributed by atoms with Crippen LogP contribution in [0.4, 0.5) is 11.4 Å². The molecule has 3 aliphatic heterocycles. The molecule has 0 aromatic heterocycles. The van der Waals surface area contributed by atoms with E-state index in [1.54, 1.807) is 0 Å². The third-order valence-electron chi connectivity index (χ3n) is 6.58. The van der Waals surface area contributed by atoms with E-state index in [0.29, 0.717) is 0 Å². The first-order valence-corrected chi connectivity index (χ1v) is 11.8. The lowest BCUT2D eigenvalue weighted by Crippen LogP contribution is -2.44. The summed E-state index contributed by atoms with van der Waals surface area (Å²) in [5.74, 6) is 3.70. The van der Waals surface area contributed by atoms with E-state index in [9.17, 15) is 0 Å². The van der Waals surface area contributed by atoms with Gasteiger partial charge in [0.2, 0.25) is 0 Å². The number of aliphatic imine (C=N–C) groups is 1. The van der Waals surface area contributed by atoms with Crippen LogP contribution in [0.5, 0.6) is 0 Å². The highest BCUT2D eigenvalue weighted by atomic mass is 32.2. The fourth-order valence-corrected chi connectivity index (χ4v) is 6.12. The van der Waals surface area contributed by atoms with Crippen molar-refractivity contribution >= 4 is 29.0 Å². The summed E-state index contributed by atoms with van der Waals surface area (Å²) >= 11 is 2.09. The van der Waals surface area contributed by atoms with Crippen LogP contribution in [0, 0.1) is 5.41 Å². The molecule has 3 aliphatic rings. The molecule has 28 heavy (non-hydrogen) atoms. The molecular weight excluding hydrogens is 362 g/mol. The third-order valence-corrected chi connectivity index (χ3v) is 7.56. The minimum Gasteiger partial charge on any atom is -0.372 e. The lowest BCUT2D eigenvalue weighted by atomic mass is 9.73. The maximum absolute atomic E-state index is 5.14. The first-order valence-electron chi connectivity index (χ1n) is 10.6. The van der Waals surface area contributed by atoms with Gasteiger partial charge in [0.15, 0.2) is 0 Å². The third kappa shape index (κ3) is 3.55. The van der Waals surface area contributed by atoms with Crippen molar-refractivity contribution in [2.75, 3.05) is 34.8 Å². The molecule has 2 saturated heterocycles. The normalized spacial score (nSPS) is 22.3. The van der Waals surface area contributed by atoms with Crippen LogP contribution in [0.1, 0.15) is 36.8 Å². The summed E-state index contributed by atoms with van der Waals surface area (Å²) in [6.07, 6.45) is 6.23. The summed E-state index contributed by atoms with van der Waals surface area (Å²) in [5.41, 5.74) is 5.56. The van der Waals surface area contributed by atoms with Crippen LogP contribution in [0.2, 0.25) is 0 Å². The van der Waals surface area contributed by atoms with Gasteiger partial charge >= 0.3 is 0 Å². The molecule has 0 amide bonds. The summed E-state index contributed by atoms with van der Waals surface area (Å²) in [4.78, 5) is 7.63. The number of amidine groups is 1. The Morgan fingerprint density at radius 1 is 0.964 bits per heavy atom. The maximum Gasteiger partial charge on any atom is 0.108 e. The number of benzene rings is 2. The van der Waals surface area contributed by atoms with Crippen LogP contribution >= 0.6 is 11.8 Å². The molecule has 3 nitrogen and oxygen atoms in total. The molecule has 0 bridgehead atoms. The van der Waals surface area contributed by atoms with Gasteiger partial charge in [0, 0.05) is 29.9 Å². The van der Waals surface area contributed by atoms with Crippen LogP contribution in [-0.4, -0.2) is 30.4 Å². The second kappa shape index (κ2) is 7.82. The number of thioether (sulfide) groups is 1. The van der Waals surface area contributed by atoms with Crippen molar-refractivity contribution < 1.29 is 0 Å². The Bertz CT molecular complexity index is 846. The van der Waals surface area contributed by atoms with E-state index < -0.39 is 0 Å². The number of fused-ring (bicyclic) bond motifs is 1. The molecule has 1 N–H and O–H groups in total. The van der Waals surface area contributed by atoms with E-state index in [0.717, 1.165) is 13.0 Å². The number of nitrogens with zero attached hydrogens (tertiary/aromatic N) is 2. The molecule has 1 spiro atoms. The fraction of sp³-hybridized carbons (Fsp3) is 0.458. The average molecular weight is 392 g/mol. The highest BCUT2D eigenvalue weighted by molar-refractivity contribution is 7.99. The Kier molecular flexibility index (Phi) is 5.06. The van der Waals surface area contributed by atoms with Crippen molar-refractivity contribution in [3.05, 3.63) is 59.7 Å². The average Bonchev–Trinajstić information content (AvgIpc) is 3.28. The van der Waals surface area contributed by atoms with Gasteiger partial charge in [-0.1, -0.05) is 30.3 Å². The topological polar surface area (TPSA) is 27.6 Å². The highest BCUT2D eigenvalue weighted by Gasteiger charge is 2.41. The maximum atomic E-state index is 5.14. The number of para-hydroxylation sites is 1. The Morgan fingerprint density at radius 2 is 1.71 bits per heavy atom. The number of hydrogen-bond acceptors (Lipinski definition) is 3. The van der Waals surface area contributed by atoms with Crippen molar-refractivity contribution in [1.29, 1.82) is 0 Å². The molecule has 5 rings (SSSR count). The van der Waals surface area contributed by atoms with Gasteiger partial charge in [-0.05, 0) is 72.9 Å². The molecule has 0 unspecified atom stereocenters. The fourth-order valence-electron chi connectivity index (χ4n) is 4.85. The predicted octanol–water partition coefficient (Wildman–Crippen LogP) is 5.37. The summed E-state index contributed by atoms with van der Waals surface area (Å²) < 4.78 is 0. The quantitative estimate of drug-likeness (QED) is 0.762. The molecule has 2 fully saturated rings. The molecule has 3 heterocycles. The van der Waals surface area contributed by atoms with Crippen molar-refractivity contribution in [1.82, 2.24) is 0 Å². The SMILES string of the molecule is c1ccc2c(c1)CC1(CCSCC1)C(=NCc1ccc(N3CCCC3)cc1)N2. The summed E-state index contributed by atoms with van der Waals surface area (Å²) in [6, 6.07) is 17.8. The van der Waals surface area contributed by atoms with E-state index in [-0.39, 0.29) is 5.41 Å². The van der Waals surface area contributed by atoms with E-state index in [2.05, 4.69) is 70.5 Å². The predicted molar refractivity (Wildman–Crippen MR) is 122 cm³/mol. The van der Waals surface area contributed by atoms with Gasteiger partial charge in [-0.3, -0.25) is 4.99 Å². The number of rotatable bonds is 3. The molecule has 4 heteroatoms. The minimum absolute atomic E-state index is 0.203. The van der Waals surface area contributed by atoms with Gasteiger partial charge in [0.05, 0.1) is 6.54 Å². The monoisotopic (exact) mass is 391 g/mol. The Hall–Kier alpha value is -1.94. The summed E-state index contributed by atoms with van der Waals surface area (Å²) in [6.45, 7) is 3.16. The van der Waals surface area contributed by atoms with Gasteiger partial charge < -0.3 is 10.2 Å². The lowest BCUT2D eigenvalue weighted by Gasteiger charge is -2.42. The second-order valence-corrected chi connectivity index (χ2v) is 9.60. The first-order chi connectivity index (χ1) is 13.8. The van der Waals surface area contributed by atoms with Gasteiger partial charge in [-0.25, -0.2) is 0 Å². The van der Waals surface area contributed by atoms with Crippen molar-refractivity contribution in [2.45, 2.75) is 38.6 Å². The number of anilines is 2. The van der Waals surface area contributed by atoms with Gasteiger partial charge in [-0.15, -0.1) is 0 Å². The Balaban J connectivity index is 1.37. The largest absolute Gasteiger partial charge is 0.372 e. The van der Waals surface area contributed by atoms with E-state index in [1.165, 1.54) is 78.6 Å². The van der Waals surface area contributed by atoms with Gasteiger partial charge in [0.1, 0.15) is 5.84 Å². The number of hydrogen-bond donors (Lipinski definition) is 1. The molecule has 2 aromatic carbocycles. The molecule has 2 aromatic rings. The van der Waals surface area contributed by atoms with E-state index in [1.807, 2.05) is 0 Å². The molecule has 0 aliphatic carbocycles. The molecule has 0 radical (unpaired) electrons. The molecule has 146 valence electrons. The van der Waals surface area contributed by atoms with Crippen LogP contribution in [0.25, 0.3) is 0 Å². The van der Waals surface area contributed by atoms with Crippen molar-refractivity contribution in [2.24, 2.45) is 10.4 Å². The summed E-state index contributed by atoms with van der Waals surface area (Å²) in [7, 11) is 0. The summed E-state index contributed by atoms with van der Waals surface area (Å²) in [5, 5.41) is 3.72. The van der Waals surface area contributed by atoms with Crippen LogP contribution in [-0.2, 0) is 13.0 Å². The molecular formula is C24H29N3S. The Labute approximate surface area is 172 Å². The number of nitrogens with one attached hydrogen (secondary N) is 1. The van der Waals surface area contributed by atoms with E-state index >= 15 is 0 Å². The van der Waals surface area contributed by atoms with Crippen LogP contribution < -0.4 is 10.2 Å². The van der Waals surface area contributed by atoms with Gasteiger partial charge in [-0.2, -0.15) is 11.8 Å². The van der Waals surface area contributed by atoms with Crippen LogP contribution in [0.15, 0.2) is 53.5 Å². The van der Waals surface area contributed by atoms with Crippen LogP contribution in [0.3, 0.4) is 0 Å².